The lowest BCUT2D eigenvalue weighted by Gasteiger charge is -2.10. The number of aromatic nitrogens is 6. The second-order valence-corrected chi connectivity index (χ2v) is 8.36. The zero-order valence-electron chi connectivity index (χ0n) is 18.6. The van der Waals surface area contributed by atoms with Gasteiger partial charge in [-0.2, -0.15) is 10.2 Å². The molecule has 2 aromatic heterocycles. The van der Waals surface area contributed by atoms with Gasteiger partial charge in [-0.3, -0.25) is 0 Å². The first-order chi connectivity index (χ1) is 16.2. The molecule has 2 N–H and O–H groups in total. The van der Waals surface area contributed by atoms with Crippen molar-refractivity contribution in [3.05, 3.63) is 81.1 Å². The maximum Gasteiger partial charge on any atom is 0.315 e. The Kier molecular flexibility index (Phi) is 6.80. The van der Waals surface area contributed by atoms with Crippen molar-refractivity contribution in [3.63, 3.8) is 0 Å². The molecular weight excluding hydrogens is 482 g/mol. The van der Waals surface area contributed by atoms with Crippen molar-refractivity contribution in [3.8, 4) is 11.4 Å². The molecule has 0 bridgehead atoms. The first-order valence-corrected chi connectivity index (χ1v) is 11.1. The van der Waals surface area contributed by atoms with Crippen LogP contribution in [0.25, 0.3) is 11.4 Å². The van der Waals surface area contributed by atoms with Crippen LogP contribution in [-0.4, -0.2) is 35.6 Å². The second kappa shape index (κ2) is 9.78. The molecule has 34 heavy (non-hydrogen) atoms. The fourth-order valence-electron chi connectivity index (χ4n) is 3.32. The normalized spacial score (nSPS) is 11.0. The second-order valence-electron chi connectivity index (χ2n) is 7.54. The van der Waals surface area contributed by atoms with E-state index in [1.54, 1.807) is 30.7 Å². The van der Waals surface area contributed by atoms with Gasteiger partial charge in [-0.05, 0) is 56.7 Å². The summed E-state index contributed by atoms with van der Waals surface area (Å²) in [7, 11) is 0. The van der Waals surface area contributed by atoms with E-state index in [9.17, 15) is 9.18 Å². The molecule has 0 unspecified atom stereocenters. The molecule has 12 heteroatoms. The van der Waals surface area contributed by atoms with E-state index < -0.39 is 11.8 Å². The van der Waals surface area contributed by atoms with Crippen LogP contribution in [-0.2, 0) is 13.1 Å². The first kappa shape index (κ1) is 23.7. The number of aryl methyl sites for hydroxylation is 3. The van der Waals surface area contributed by atoms with Crippen molar-refractivity contribution >= 4 is 29.2 Å². The fourth-order valence-corrected chi connectivity index (χ4v) is 3.55. The molecule has 0 aliphatic heterocycles. The summed E-state index contributed by atoms with van der Waals surface area (Å²) >= 11 is 11.9. The Hall–Kier alpha value is -3.50. The molecule has 0 spiro atoms. The third kappa shape index (κ3) is 5.18. The van der Waals surface area contributed by atoms with E-state index in [2.05, 4.69) is 30.8 Å². The molecule has 2 amide bonds. The van der Waals surface area contributed by atoms with Gasteiger partial charge >= 0.3 is 6.03 Å². The van der Waals surface area contributed by atoms with Crippen LogP contribution in [0.15, 0.2) is 36.4 Å². The Labute approximate surface area is 204 Å². The minimum atomic E-state index is -0.570. The molecule has 0 radical (unpaired) electrons. The lowest BCUT2D eigenvalue weighted by atomic mass is 10.2. The number of halogens is 3. The largest absolute Gasteiger partial charge is 0.331 e. The highest BCUT2D eigenvalue weighted by molar-refractivity contribution is 6.31. The van der Waals surface area contributed by atoms with Gasteiger partial charge < -0.3 is 10.6 Å². The van der Waals surface area contributed by atoms with Crippen molar-refractivity contribution in [1.82, 2.24) is 40.2 Å². The van der Waals surface area contributed by atoms with Crippen molar-refractivity contribution in [2.24, 2.45) is 0 Å². The van der Waals surface area contributed by atoms with Gasteiger partial charge in [0, 0.05) is 11.1 Å². The lowest BCUT2D eigenvalue weighted by Crippen LogP contribution is -2.36. The zero-order chi connectivity index (χ0) is 24.4. The number of hydrogen-bond donors (Lipinski definition) is 2. The number of carbonyl (C=O) groups is 1. The predicted octanol–water partition coefficient (Wildman–Crippen LogP) is 4.22. The van der Waals surface area contributed by atoms with Crippen molar-refractivity contribution in [2.75, 3.05) is 0 Å². The monoisotopic (exact) mass is 502 g/mol. The van der Waals surface area contributed by atoms with Crippen LogP contribution >= 0.6 is 23.2 Å². The number of urea groups is 1. The third-order valence-electron chi connectivity index (χ3n) is 4.91. The number of nitrogens with zero attached hydrogens (tertiary/aromatic N) is 6. The molecule has 9 nitrogen and oxygen atoms in total. The highest BCUT2D eigenvalue weighted by Gasteiger charge is 2.14. The Morgan fingerprint density at radius 1 is 0.853 bits per heavy atom. The Morgan fingerprint density at radius 2 is 1.35 bits per heavy atom. The average Bonchev–Trinajstić information content (AvgIpc) is 3.36. The molecular formula is C22H21Cl2FN8O. The van der Waals surface area contributed by atoms with Crippen LogP contribution in [0.5, 0.6) is 0 Å². The predicted molar refractivity (Wildman–Crippen MR) is 126 cm³/mol. The van der Waals surface area contributed by atoms with E-state index in [1.807, 2.05) is 19.1 Å². The minimum Gasteiger partial charge on any atom is -0.331 e. The van der Waals surface area contributed by atoms with E-state index in [0.717, 1.165) is 11.3 Å². The van der Waals surface area contributed by atoms with E-state index in [-0.39, 0.29) is 18.1 Å². The quantitative estimate of drug-likeness (QED) is 0.410. The standard InChI is InChI=1S/C22H21Cl2FN8O/c1-12-8-15(4-6-17(12)23)32-20(28-13(2)30-32)10-26-22(34)27-11-21-29-14(3)31-33(21)16-5-7-18(24)19(25)9-16/h4-9H,10-11H2,1-3H3,(H2,26,27,34). The summed E-state index contributed by atoms with van der Waals surface area (Å²) in [4.78, 5) is 21.2. The smallest absolute Gasteiger partial charge is 0.315 e. The molecule has 4 rings (SSSR count). The molecule has 0 atom stereocenters. The van der Waals surface area contributed by atoms with Crippen molar-refractivity contribution in [2.45, 2.75) is 33.9 Å². The Balaban J connectivity index is 1.43. The summed E-state index contributed by atoms with van der Waals surface area (Å²) in [5, 5.41) is 14.9. The lowest BCUT2D eigenvalue weighted by molar-refractivity contribution is 0.239. The summed E-state index contributed by atoms with van der Waals surface area (Å²) < 4.78 is 17.0. The van der Waals surface area contributed by atoms with Crippen LogP contribution in [0.4, 0.5) is 9.18 Å². The van der Waals surface area contributed by atoms with E-state index in [4.69, 9.17) is 23.2 Å². The van der Waals surface area contributed by atoms with Crippen LogP contribution < -0.4 is 10.6 Å². The first-order valence-electron chi connectivity index (χ1n) is 10.3. The van der Waals surface area contributed by atoms with E-state index in [1.165, 1.54) is 16.8 Å². The maximum atomic E-state index is 13.9. The zero-order valence-corrected chi connectivity index (χ0v) is 20.1. The number of carbonyl (C=O) groups excluding carboxylic acids is 1. The van der Waals surface area contributed by atoms with Crippen molar-refractivity contribution in [1.29, 1.82) is 0 Å². The molecule has 0 aliphatic rings. The van der Waals surface area contributed by atoms with Gasteiger partial charge in [-0.1, -0.05) is 23.2 Å². The molecule has 176 valence electrons. The third-order valence-corrected chi connectivity index (χ3v) is 5.64. The summed E-state index contributed by atoms with van der Waals surface area (Å²) in [6.45, 7) is 5.60. The number of rotatable bonds is 6. The van der Waals surface area contributed by atoms with Crippen molar-refractivity contribution < 1.29 is 9.18 Å². The minimum absolute atomic E-state index is 0.0106. The van der Waals surface area contributed by atoms with Crippen LogP contribution in [0.3, 0.4) is 0 Å². The van der Waals surface area contributed by atoms with Crippen LogP contribution in [0.1, 0.15) is 28.9 Å². The Bertz CT molecular complexity index is 1270. The van der Waals surface area contributed by atoms with E-state index in [0.29, 0.717) is 34.0 Å². The SMILES string of the molecule is Cc1nc(CNC(=O)NCc2nc(C)nn2-c2ccc(Cl)c(F)c2)n(-c2ccc(Cl)c(C)c2)n1. The highest BCUT2D eigenvalue weighted by atomic mass is 35.5. The molecule has 4 aromatic rings. The van der Waals surface area contributed by atoms with Gasteiger partial charge in [0.2, 0.25) is 0 Å². The van der Waals surface area contributed by atoms with Crippen LogP contribution in [0, 0.1) is 26.6 Å². The molecule has 0 aliphatic carbocycles. The van der Waals surface area contributed by atoms with Gasteiger partial charge in [0.25, 0.3) is 0 Å². The van der Waals surface area contributed by atoms with Gasteiger partial charge in [0.15, 0.2) is 11.6 Å². The fraction of sp³-hybridized carbons (Fsp3) is 0.227. The van der Waals surface area contributed by atoms with E-state index >= 15 is 0 Å². The van der Waals surface area contributed by atoms with Crippen LogP contribution in [0.2, 0.25) is 10.0 Å². The van der Waals surface area contributed by atoms with Gasteiger partial charge in [0.1, 0.15) is 17.5 Å². The number of amides is 2. The summed E-state index contributed by atoms with van der Waals surface area (Å²) in [6, 6.07) is 9.40. The Morgan fingerprint density at radius 3 is 1.85 bits per heavy atom. The molecule has 0 saturated heterocycles. The number of hydrogen-bond acceptors (Lipinski definition) is 5. The summed E-state index contributed by atoms with van der Waals surface area (Å²) in [5.41, 5.74) is 2.14. The average molecular weight is 503 g/mol. The molecule has 2 aromatic carbocycles. The number of nitrogens with one attached hydrogen (secondary N) is 2. The summed E-state index contributed by atoms with van der Waals surface area (Å²) in [5.74, 6) is 1.48. The maximum absolute atomic E-state index is 13.9. The van der Waals surface area contributed by atoms with Gasteiger partial charge in [-0.25, -0.2) is 28.5 Å². The summed E-state index contributed by atoms with van der Waals surface area (Å²) in [6.07, 6.45) is 0. The highest BCUT2D eigenvalue weighted by Crippen LogP contribution is 2.20. The topological polar surface area (TPSA) is 103 Å². The molecule has 2 heterocycles. The molecule has 0 saturated carbocycles. The number of benzene rings is 2. The van der Waals surface area contributed by atoms with Gasteiger partial charge in [0.05, 0.1) is 29.5 Å². The molecule has 0 fully saturated rings. The van der Waals surface area contributed by atoms with Gasteiger partial charge in [-0.15, -0.1) is 0 Å².